The second-order valence-electron chi connectivity index (χ2n) is 7.59. The zero-order valence-electron chi connectivity index (χ0n) is 15.4. The van der Waals surface area contributed by atoms with Gasteiger partial charge in [0.2, 0.25) is 5.91 Å². The van der Waals surface area contributed by atoms with Gasteiger partial charge < -0.3 is 14.5 Å². The normalized spacial score (nSPS) is 18.0. The summed E-state index contributed by atoms with van der Waals surface area (Å²) in [6.45, 7) is 7.19. The van der Waals surface area contributed by atoms with Gasteiger partial charge in [-0.3, -0.25) is 4.79 Å². The molecule has 1 fully saturated rings. The second-order valence-corrected chi connectivity index (χ2v) is 8.50. The molecule has 6 heteroatoms. The summed E-state index contributed by atoms with van der Waals surface area (Å²) in [4.78, 5) is 28.4. The summed E-state index contributed by atoms with van der Waals surface area (Å²) >= 11 is 3.41. The van der Waals surface area contributed by atoms with E-state index in [9.17, 15) is 9.59 Å². The number of hydrogen-bond donors (Lipinski definition) is 0. The second kappa shape index (κ2) is 8.21. The van der Waals surface area contributed by atoms with Gasteiger partial charge in [0, 0.05) is 31.2 Å². The molecule has 1 atom stereocenters. The summed E-state index contributed by atoms with van der Waals surface area (Å²) in [5.74, 6) is -0.0853. The molecule has 25 heavy (non-hydrogen) atoms. The first-order valence-electron chi connectivity index (χ1n) is 8.63. The summed E-state index contributed by atoms with van der Waals surface area (Å²) in [6.07, 6.45) is 1.30. The van der Waals surface area contributed by atoms with Crippen molar-refractivity contribution in [2.75, 3.05) is 20.1 Å². The maximum atomic E-state index is 12.8. The molecule has 0 aliphatic carbocycles. The van der Waals surface area contributed by atoms with Gasteiger partial charge in [-0.1, -0.05) is 28.1 Å². The number of ether oxygens (including phenoxy) is 1. The van der Waals surface area contributed by atoms with Gasteiger partial charge in [-0.05, 0) is 51.3 Å². The molecule has 1 aromatic carbocycles. The van der Waals surface area contributed by atoms with E-state index in [2.05, 4.69) is 15.9 Å². The molecule has 1 aliphatic rings. The maximum Gasteiger partial charge on any atom is 0.410 e. The third kappa shape index (κ3) is 6.03. The molecular formula is C19H27BrN2O3. The quantitative estimate of drug-likeness (QED) is 0.754. The Kier molecular flexibility index (Phi) is 6.49. The van der Waals surface area contributed by atoms with E-state index in [1.54, 1.807) is 9.80 Å². The molecule has 1 aliphatic heterocycles. The fraction of sp³-hybridized carbons (Fsp3) is 0.579. The molecule has 138 valence electrons. The first kappa shape index (κ1) is 19.8. The fourth-order valence-electron chi connectivity index (χ4n) is 2.92. The summed E-state index contributed by atoms with van der Waals surface area (Å²) < 4.78 is 6.45. The summed E-state index contributed by atoms with van der Waals surface area (Å²) in [5, 5.41) is 0. The Morgan fingerprint density at radius 3 is 2.52 bits per heavy atom. The highest BCUT2D eigenvalue weighted by molar-refractivity contribution is 9.10. The topological polar surface area (TPSA) is 49.9 Å². The first-order chi connectivity index (χ1) is 11.7. The van der Waals surface area contributed by atoms with Gasteiger partial charge >= 0.3 is 6.09 Å². The highest BCUT2D eigenvalue weighted by atomic mass is 79.9. The molecule has 1 aromatic rings. The molecule has 0 radical (unpaired) electrons. The van der Waals surface area contributed by atoms with Gasteiger partial charge in [-0.15, -0.1) is 0 Å². The number of hydrogen-bond acceptors (Lipinski definition) is 3. The van der Waals surface area contributed by atoms with Gasteiger partial charge in [0.1, 0.15) is 5.60 Å². The van der Waals surface area contributed by atoms with E-state index in [1.807, 2.05) is 52.1 Å². The molecule has 5 nitrogen and oxygen atoms in total. The van der Waals surface area contributed by atoms with E-state index in [-0.39, 0.29) is 17.9 Å². The number of halogens is 1. The monoisotopic (exact) mass is 410 g/mol. The van der Waals surface area contributed by atoms with Crippen LogP contribution in [0.4, 0.5) is 4.79 Å². The van der Waals surface area contributed by atoms with E-state index in [1.165, 1.54) is 0 Å². The highest BCUT2D eigenvalue weighted by Gasteiger charge is 2.32. The van der Waals surface area contributed by atoms with Crippen molar-refractivity contribution in [2.45, 2.75) is 45.8 Å². The van der Waals surface area contributed by atoms with Crippen LogP contribution in [0.15, 0.2) is 28.7 Å². The van der Waals surface area contributed by atoms with E-state index < -0.39 is 5.60 Å². The Morgan fingerprint density at radius 2 is 1.92 bits per heavy atom. The van der Waals surface area contributed by atoms with Crippen molar-refractivity contribution < 1.29 is 14.3 Å². The third-order valence-corrected chi connectivity index (χ3v) is 4.66. The minimum Gasteiger partial charge on any atom is -0.444 e. The standard InChI is InChI=1S/C19H27BrN2O3/c1-19(2,3)25-18(24)22-11-5-6-15(13-22)17(23)21(4)12-14-7-9-16(20)10-8-14/h7-10,15H,5-6,11-13H2,1-4H3/t15-/m1/s1. The SMILES string of the molecule is CN(Cc1ccc(Br)cc1)C(=O)[C@@H]1CCCN(C(=O)OC(C)(C)C)C1. The molecule has 0 saturated carbocycles. The van der Waals surface area contributed by atoms with Crippen LogP contribution in [0, 0.1) is 5.92 Å². The predicted octanol–water partition coefficient (Wildman–Crippen LogP) is 4.05. The number of benzene rings is 1. The Labute approximate surface area is 158 Å². The molecule has 1 heterocycles. The van der Waals surface area contributed by atoms with E-state index in [4.69, 9.17) is 4.74 Å². The Hall–Kier alpha value is -1.56. The van der Waals surface area contributed by atoms with Crippen LogP contribution in [0.3, 0.4) is 0 Å². The number of piperidine rings is 1. The molecule has 0 bridgehead atoms. The Bertz CT molecular complexity index is 610. The average Bonchev–Trinajstić information content (AvgIpc) is 2.55. The molecule has 0 N–H and O–H groups in total. The molecule has 0 spiro atoms. The molecule has 2 amide bonds. The molecular weight excluding hydrogens is 384 g/mol. The predicted molar refractivity (Wildman–Crippen MR) is 101 cm³/mol. The van der Waals surface area contributed by atoms with Crippen LogP contribution >= 0.6 is 15.9 Å². The van der Waals surface area contributed by atoms with E-state index in [0.717, 1.165) is 22.9 Å². The van der Waals surface area contributed by atoms with Crippen LogP contribution < -0.4 is 0 Å². The minimum atomic E-state index is -0.521. The van der Waals surface area contributed by atoms with Crippen molar-refractivity contribution in [3.05, 3.63) is 34.3 Å². The van der Waals surface area contributed by atoms with Crippen LogP contribution in [0.1, 0.15) is 39.2 Å². The van der Waals surface area contributed by atoms with Crippen molar-refractivity contribution in [3.8, 4) is 0 Å². The van der Waals surface area contributed by atoms with E-state index >= 15 is 0 Å². The smallest absolute Gasteiger partial charge is 0.410 e. The molecule has 0 unspecified atom stereocenters. The zero-order valence-corrected chi connectivity index (χ0v) is 17.0. The average molecular weight is 411 g/mol. The Morgan fingerprint density at radius 1 is 1.28 bits per heavy atom. The number of carbonyl (C=O) groups is 2. The number of amides is 2. The minimum absolute atomic E-state index is 0.0798. The summed E-state index contributed by atoms with van der Waals surface area (Å²) in [5.41, 5.74) is 0.561. The van der Waals surface area contributed by atoms with Crippen molar-refractivity contribution in [3.63, 3.8) is 0 Å². The van der Waals surface area contributed by atoms with Gasteiger partial charge in [-0.2, -0.15) is 0 Å². The number of likely N-dealkylation sites (tertiary alicyclic amines) is 1. The van der Waals surface area contributed by atoms with Crippen LogP contribution in [0.5, 0.6) is 0 Å². The number of carbonyl (C=O) groups excluding carboxylic acids is 2. The van der Waals surface area contributed by atoms with Crippen molar-refractivity contribution in [1.29, 1.82) is 0 Å². The lowest BCUT2D eigenvalue weighted by Crippen LogP contribution is -2.47. The van der Waals surface area contributed by atoms with Gasteiger partial charge in [0.25, 0.3) is 0 Å². The Balaban J connectivity index is 1.94. The number of rotatable bonds is 3. The molecule has 0 aromatic heterocycles. The van der Waals surface area contributed by atoms with Crippen molar-refractivity contribution >= 4 is 27.9 Å². The maximum absolute atomic E-state index is 12.8. The first-order valence-corrected chi connectivity index (χ1v) is 9.42. The van der Waals surface area contributed by atoms with Gasteiger partial charge in [-0.25, -0.2) is 4.79 Å². The molecule has 2 rings (SSSR count). The largest absolute Gasteiger partial charge is 0.444 e. The van der Waals surface area contributed by atoms with E-state index in [0.29, 0.717) is 19.6 Å². The summed E-state index contributed by atoms with van der Waals surface area (Å²) in [6, 6.07) is 7.94. The lowest BCUT2D eigenvalue weighted by atomic mass is 9.96. The van der Waals surface area contributed by atoms with Crippen molar-refractivity contribution in [1.82, 2.24) is 9.80 Å². The van der Waals surface area contributed by atoms with Gasteiger partial charge in [0.05, 0.1) is 5.92 Å². The highest BCUT2D eigenvalue weighted by Crippen LogP contribution is 2.22. The van der Waals surface area contributed by atoms with Crippen LogP contribution in [-0.4, -0.2) is 47.5 Å². The van der Waals surface area contributed by atoms with Crippen LogP contribution in [0.25, 0.3) is 0 Å². The lowest BCUT2D eigenvalue weighted by Gasteiger charge is -2.35. The zero-order chi connectivity index (χ0) is 18.6. The van der Waals surface area contributed by atoms with Crippen LogP contribution in [0.2, 0.25) is 0 Å². The summed E-state index contributed by atoms with van der Waals surface area (Å²) in [7, 11) is 1.82. The third-order valence-electron chi connectivity index (χ3n) is 4.13. The van der Waals surface area contributed by atoms with Crippen LogP contribution in [-0.2, 0) is 16.1 Å². The van der Waals surface area contributed by atoms with Gasteiger partial charge in [0.15, 0.2) is 0 Å². The lowest BCUT2D eigenvalue weighted by molar-refractivity contribution is -0.136. The fourth-order valence-corrected chi connectivity index (χ4v) is 3.19. The molecule has 1 saturated heterocycles. The van der Waals surface area contributed by atoms with Crippen molar-refractivity contribution in [2.24, 2.45) is 5.92 Å². The number of nitrogens with zero attached hydrogens (tertiary/aromatic N) is 2.